The first kappa shape index (κ1) is 16.8. The summed E-state index contributed by atoms with van der Waals surface area (Å²) in [5, 5.41) is 4.15. The van der Waals surface area contributed by atoms with Crippen LogP contribution in [0.2, 0.25) is 5.02 Å². The predicted molar refractivity (Wildman–Crippen MR) is 89.2 cm³/mol. The number of hydrogen-bond acceptors (Lipinski definition) is 3. The molecule has 1 aliphatic rings. The largest absolute Gasteiger partial charge is 0.495 e. The van der Waals surface area contributed by atoms with Crippen LogP contribution in [-0.4, -0.2) is 24.9 Å². The number of halogens is 1. The molecular formula is C16H25BClNO2. The minimum atomic E-state index is -0.342. The Morgan fingerprint density at radius 2 is 1.76 bits per heavy atom. The highest BCUT2D eigenvalue weighted by molar-refractivity contribution is 6.62. The third kappa shape index (κ3) is 3.62. The Labute approximate surface area is 133 Å². The topological polar surface area (TPSA) is 30.5 Å². The van der Waals surface area contributed by atoms with Crippen molar-refractivity contribution in [2.75, 3.05) is 6.54 Å². The van der Waals surface area contributed by atoms with Crippen molar-refractivity contribution in [2.45, 2.75) is 58.8 Å². The van der Waals surface area contributed by atoms with Crippen molar-refractivity contribution in [3.05, 3.63) is 28.8 Å². The van der Waals surface area contributed by atoms with E-state index in [0.717, 1.165) is 35.6 Å². The van der Waals surface area contributed by atoms with Gasteiger partial charge >= 0.3 is 7.12 Å². The average Bonchev–Trinajstić information content (AvgIpc) is 2.58. The van der Waals surface area contributed by atoms with Gasteiger partial charge in [-0.3, -0.25) is 0 Å². The third-order valence-corrected chi connectivity index (χ3v) is 4.59. The van der Waals surface area contributed by atoms with Crippen molar-refractivity contribution >= 4 is 24.2 Å². The molecule has 1 N–H and O–H groups in total. The first-order chi connectivity index (χ1) is 9.77. The molecule has 0 saturated carbocycles. The van der Waals surface area contributed by atoms with Crippen molar-refractivity contribution in [3.8, 4) is 0 Å². The zero-order valence-electron chi connectivity index (χ0n) is 13.6. The molecule has 1 fully saturated rings. The fourth-order valence-electron chi connectivity index (χ4n) is 2.33. The van der Waals surface area contributed by atoms with Gasteiger partial charge in [-0.25, -0.2) is 0 Å². The summed E-state index contributed by atoms with van der Waals surface area (Å²) in [6.45, 7) is 12.2. The van der Waals surface area contributed by atoms with E-state index in [9.17, 15) is 0 Å². The maximum Gasteiger partial charge on any atom is 0.495 e. The Morgan fingerprint density at radius 1 is 1.14 bits per heavy atom. The number of rotatable bonds is 5. The molecule has 0 spiro atoms. The Kier molecular flexibility index (Phi) is 5.04. The van der Waals surface area contributed by atoms with Gasteiger partial charge in [0.15, 0.2) is 0 Å². The van der Waals surface area contributed by atoms with E-state index in [1.165, 1.54) is 0 Å². The Morgan fingerprint density at radius 3 is 2.33 bits per heavy atom. The quantitative estimate of drug-likeness (QED) is 0.669. The molecule has 0 atom stereocenters. The maximum absolute atomic E-state index is 6.14. The molecule has 0 bridgehead atoms. The van der Waals surface area contributed by atoms with E-state index < -0.39 is 0 Å². The lowest BCUT2D eigenvalue weighted by atomic mass is 9.76. The Bertz CT molecular complexity index is 489. The summed E-state index contributed by atoms with van der Waals surface area (Å²) in [4.78, 5) is 0. The summed E-state index contributed by atoms with van der Waals surface area (Å²) < 4.78 is 12.3. The molecule has 3 nitrogen and oxygen atoms in total. The summed E-state index contributed by atoms with van der Waals surface area (Å²) in [7, 11) is -0.342. The Balaban J connectivity index is 2.24. The minimum Gasteiger partial charge on any atom is -0.399 e. The molecule has 0 amide bonds. The third-order valence-electron chi connectivity index (χ3n) is 4.35. The van der Waals surface area contributed by atoms with Gasteiger partial charge in [-0.1, -0.05) is 24.6 Å². The number of benzene rings is 1. The van der Waals surface area contributed by atoms with Crippen LogP contribution in [0.25, 0.3) is 0 Å². The second-order valence-corrected chi connectivity index (χ2v) is 7.04. The molecule has 0 radical (unpaired) electrons. The summed E-state index contributed by atoms with van der Waals surface area (Å²) in [6.07, 6.45) is 1.10. The zero-order valence-corrected chi connectivity index (χ0v) is 14.4. The second kappa shape index (κ2) is 6.29. The lowest BCUT2D eigenvalue weighted by molar-refractivity contribution is 0.00578. The second-order valence-electron chi connectivity index (χ2n) is 6.61. The van der Waals surface area contributed by atoms with Crippen LogP contribution in [0.4, 0.5) is 0 Å². The molecule has 0 aliphatic carbocycles. The molecule has 2 rings (SSSR count). The minimum absolute atomic E-state index is 0.328. The molecule has 0 aromatic heterocycles. The van der Waals surface area contributed by atoms with Crippen molar-refractivity contribution in [1.82, 2.24) is 5.32 Å². The summed E-state index contributed by atoms with van der Waals surface area (Å²) in [6, 6.07) is 5.89. The standard InChI is InChI=1S/C16H25BClNO2/c1-6-9-19-11-12-10-13(18)7-8-14(12)17-20-15(2,3)16(4,5)21-17/h7-8,10,19H,6,9,11H2,1-5H3. The van der Waals surface area contributed by atoms with E-state index >= 15 is 0 Å². The SMILES string of the molecule is CCCNCc1cc(Cl)ccc1B1OC(C)(C)C(C)(C)O1. The molecule has 1 aliphatic heterocycles. The first-order valence-corrected chi connectivity index (χ1v) is 7.99. The molecular weight excluding hydrogens is 284 g/mol. The molecule has 1 saturated heterocycles. The van der Waals surface area contributed by atoms with E-state index in [4.69, 9.17) is 20.9 Å². The van der Waals surface area contributed by atoms with E-state index in [0.29, 0.717) is 0 Å². The van der Waals surface area contributed by atoms with Crippen LogP contribution in [0.15, 0.2) is 18.2 Å². The molecule has 21 heavy (non-hydrogen) atoms. The van der Waals surface area contributed by atoms with E-state index in [-0.39, 0.29) is 18.3 Å². The summed E-state index contributed by atoms with van der Waals surface area (Å²) in [5.41, 5.74) is 1.53. The summed E-state index contributed by atoms with van der Waals surface area (Å²) in [5.74, 6) is 0. The fraction of sp³-hybridized carbons (Fsp3) is 0.625. The molecule has 0 unspecified atom stereocenters. The van der Waals surface area contributed by atoms with Gasteiger partial charge in [0.1, 0.15) is 0 Å². The first-order valence-electron chi connectivity index (χ1n) is 7.61. The van der Waals surface area contributed by atoms with E-state index in [1.807, 2.05) is 18.2 Å². The van der Waals surface area contributed by atoms with Crippen LogP contribution in [0.5, 0.6) is 0 Å². The van der Waals surface area contributed by atoms with Crippen molar-refractivity contribution in [2.24, 2.45) is 0 Å². The molecule has 1 heterocycles. The van der Waals surface area contributed by atoms with Crippen LogP contribution in [0, 0.1) is 0 Å². The van der Waals surface area contributed by atoms with Crippen molar-refractivity contribution in [3.63, 3.8) is 0 Å². The smallest absolute Gasteiger partial charge is 0.399 e. The maximum atomic E-state index is 6.14. The molecule has 5 heteroatoms. The molecule has 1 aromatic carbocycles. The monoisotopic (exact) mass is 309 g/mol. The summed E-state index contributed by atoms with van der Waals surface area (Å²) >= 11 is 6.14. The van der Waals surface area contributed by atoms with Gasteiger partial charge in [0.2, 0.25) is 0 Å². The van der Waals surface area contributed by atoms with Crippen LogP contribution in [-0.2, 0) is 15.9 Å². The van der Waals surface area contributed by atoms with Gasteiger partial charge in [0.25, 0.3) is 0 Å². The molecule has 1 aromatic rings. The van der Waals surface area contributed by atoms with Crippen LogP contribution in [0.1, 0.15) is 46.6 Å². The van der Waals surface area contributed by atoms with Crippen LogP contribution in [0.3, 0.4) is 0 Å². The number of nitrogens with one attached hydrogen (secondary N) is 1. The van der Waals surface area contributed by atoms with Gasteiger partial charge < -0.3 is 14.6 Å². The van der Waals surface area contributed by atoms with Crippen molar-refractivity contribution in [1.29, 1.82) is 0 Å². The predicted octanol–water partition coefficient (Wildman–Crippen LogP) is 3.14. The van der Waals surface area contributed by atoms with Crippen LogP contribution < -0.4 is 10.8 Å². The highest BCUT2D eigenvalue weighted by Crippen LogP contribution is 2.36. The fourth-order valence-corrected chi connectivity index (χ4v) is 2.52. The van der Waals surface area contributed by atoms with Gasteiger partial charge in [-0.2, -0.15) is 0 Å². The van der Waals surface area contributed by atoms with Gasteiger partial charge in [0, 0.05) is 11.6 Å². The van der Waals surface area contributed by atoms with Gasteiger partial charge in [-0.05, 0) is 63.8 Å². The molecule has 116 valence electrons. The van der Waals surface area contributed by atoms with Crippen LogP contribution >= 0.6 is 11.6 Å². The highest BCUT2D eigenvalue weighted by Gasteiger charge is 2.52. The lowest BCUT2D eigenvalue weighted by Gasteiger charge is -2.32. The van der Waals surface area contributed by atoms with E-state index in [2.05, 4.69) is 39.9 Å². The van der Waals surface area contributed by atoms with Gasteiger partial charge in [-0.15, -0.1) is 0 Å². The Hall–Kier alpha value is -0.545. The highest BCUT2D eigenvalue weighted by atomic mass is 35.5. The van der Waals surface area contributed by atoms with Gasteiger partial charge in [0.05, 0.1) is 11.2 Å². The van der Waals surface area contributed by atoms with Crippen molar-refractivity contribution < 1.29 is 9.31 Å². The lowest BCUT2D eigenvalue weighted by Crippen LogP contribution is -2.41. The normalized spacial score (nSPS) is 20.0. The number of hydrogen-bond donors (Lipinski definition) is 1. The average molecular weight is 310 g/mol. The van der Waals surface area contributed by atoms with E-state index in [1.54, 1.807) is 0 Å². The zero-order chi connectivity index (χ0) is 15.7.